The summed E-state index contributed by atoms with van der Waals surface area (Å²) in [5.41, 5.74) is 8.37. The highest BCUT2D eigenvalue weighted by Crippen LogP contribution is 2.21. The predicted octanol–water partition coefficient (Wildman–Crippen LogP) is 3.49. The first kappa shape index (κ1) is 13.6. The van der Waals surface area contributed by atoms with Gasteiger partial charge in [-0.05, 0) is 31.5 Å². The lowest BCUT2D eigenvalue weighted by Gasteiger charge is -2.11. The largest absolute Gasteiger partial charge is 0.328 e. The van der Waals surface area contributed by atoms with Gasteiger partial charge < -0.3 is 10.3 Å². The number of nitrogens with two attached hydrogens (primary N) is 1. The number of aromatic nitrogens is 2. The van der Waals surface area contributed by atoms with Crippen LogP contribution in [0.25, 0.3) is 11.0 Å². The maximum absolute atomic E-state index is 6.13. The minimum Gasteiger partial charge on any atom is -0.328 e. The molecule has 4 heteroatoms. The van der Waals surface area contributed by atoms with Crippen molar-refractivity contribution in [3.8, 4) is 0 Å². The second kappa shape index (κ2) is 5.85. The van der Waals surface area contributed by atoms with Crippen molar-refractivity contribution in [2.24, 2.45) is 5.73 Å². The molecule has 1 atom stereocenters. The number of aryl methyl sites for hydroxylation is 1. The van der Waals surface area contributed by atoms with Gasteiger partial charge in [-0.2, -0.15) is 0 Å². The monoisotopic (exact) mass is 309 g/mol. The summed E-state index contributed by atoms with van der Waals surface area (Å²) >= 11 is 3.49. The van der Waals surface area contributed by atoms with Crippen LogP contribution in [0.1, 0.15) is 32.5 Å². The molecular formula is C14H20BrN3. The Labute approximate surface area is 117 Å². The van der Waals surface area contributed by atoms with Crippen LogP contribution >= 0.6 is 15.9 Å². The van der Waals surface area contributed by atoms with E-state index in [9.17, 15) is 0 Å². The Balaban J connectivity index is 2.37. The Bertz CT molecular complexity index is 533. The lowest BCUT2D eigenvalue weighted by atomic mass is 10.1. The second-order valence-electron chi connectivity index (χ2n) is 4.66. The Hall–Kier alpha value is -0.870. The van der Waals surface area contributed by atoms with Crippen LogP contribution in [0.5, 0.6) is 0 Å². The molecule has 2 aromatic rings. The SMILES string of the molecule is CCCC(N)Cc1nc2cc(Br)ccc2n1CC. The molecule has 0 aliphatic heterocycles. The molecule has 0 saturated heterocycles. The van der Waals surface area contributed by atoms with Crippen LogP contribution in [-0.4, -0.2) is 15.6 Å². The molecule has 0 bridgehead atoms. The summed E-state index contributed by atoms with van der Waals surface area (Å²) in [5.74, 6) is 1.10. The summed E-state index contributed by atoms with van der Waals surface area (Å²) in [6.45, 7) is 5.25. The number of hydrogen-bond acceptors (Lipinski definition) is 2. The average Bonchev–Trinajstić information content (AvgIpc) is 2.65. The number of nitrogens with zero attached hydrogens (tertiary/aromatic N) is 2. The van der Waals surface area contributed by atoms with Crippen molar-refractivity contribution in [2.75, 3.05) is 0 Å². The Morgan fingerprint density at radius 1 is 1.39 bits per heavy atom. The molecule has 0 amide bonds. The zero-order valence-corrected chi connectivity index (χ0v) is 12.6. The quantitative estimate of drug-likeness (QED) is 0.918. The van der Waals surface area contributed by atoms with Crippen molar-refractivity contribution >= 4 is 27.0 Å². The van der Waals surface area contributed by atoms with Crippen molar-refractivity contribution in [3.63, 3.8) is 0 Å². The highest BCUT2D eigenvalue weighted by molar-refractivity contribution is 9.10. The van der Waals surface area contributed by atoms with Crippen molar-refractivity contribution in [3.05, 3.63) is 28.5 Å². The Kier molecular flexibility index (Phi) is 4.40. The van der Waals surface area contributed by atoms with Crippen molar-refractivity contribution < 1.29 is 0 Å². The first-order valence-electron chi connectivity index (χ1n) is 6.56. The molecule has 0 radical (unpaired) electrons. The van der Waals surface area contributed by atoms with E-state index in [2.05, 4.69) is 52.5 Å². The second-order valence-corrected chi connectivity index (χ2v) is 5.57. The molecule has 18 heavy (non-hydrogen) atoms. The third-order valence-electron chi connectivity index (χ3n) is 3.21. The molecule has 1 aromatic heterocycles. The van der Waals surface area contributed by atoms with Gasteiger partial charge in [0.15, 0.2) is 0 Å². The number of rotatable bonds is 5. The molecule has 3 nitrogen and oxygen atoms in total. The lowest BCUT2D eigenvalue weighted by Crippen LogP contribution is -2.24. The molecule has 1 aromatic carbocycles. The highest BCUT2D eigenvalue weighted by Gasteiger charge is 2.12. The van der Waals surface area contributed by atoms with Crippen molar-refractivity contribution in [1.29, 1.82) is 0 Å². The van der Waals surface area contributed by atoms with E-state index in [4.69, 9.17) is 10.7 Å². The van der Waals surface area contributed by atoms with Crippen LogP contribution < -0.4 is 5.73 Å². The molecule has 0 fully saturated rings. The summed E-state index contributed by atoms with van der Waals surface area (Å²) in [6.07, 6.45) is 3.03. The zero-order chi connectivity index (χ0) is 13.1. The van der Waals surface area contributed by atoms with E-state index in [0.717, 1.165) is 41.6 Å². The van der Waals surface area contributed by atoms with Gasteiger partial charge >= 0.3 is 0 Å². The van der Waals surface area contributed by atoms with Gasteiger partial charge in [-0.3, -0.25) is 0 Å². The molecule has 0 aliphatic carbocycles. The first-order valence-corrected chi connectivity index (χ1v) is 7.35. The molecule has 1 heterocycles. The Morgan fingerprint density at radius 2 is 2.17 bits per heavy atom. The lowest BCUT2D eigenvalue weighted by molar-refractivity contribution is 0.566. The molecule has 0 aliphatic rings. The number of halogens is 1. The maximum atomic E-state index is 6.13. The first-order chi connectivity index (χ1) is 8.65. The summed E-state index contributed by atoms with van der Waals surface area (Å²) in [7, 11) is 0. The van der Waals surface area contributed by atoms with E-state index >= 15 is 0 Å². The number of imidazole rings is 1. The average molecular weight is 310 g/mol. The third kappa shape index (κ3) is 2.75. The van der Waals surface area contributed by atoms with Gasteiger partial charge in [0.1, 0.15) is 5.82 Å². The van der Waals surface area contributed by atoms with Gasteiger partial charge in [-0.25, -0.2) is 4.98 Å². The minimum atomic E-state index is 0.209. The molecule has 98 valence electrons. The molecule has 2 rings (SSSR count). The smallest absolute Gasteiger partial charge is 0.111 e. The summed E-state index contributed by atoms with van der Waals surface area (Å²) in [6, 6.07) is 6.45. The zero-order valence-electron chi connectivity index (χ0n) is 11.0. The van der Waals surface area contributed by atoms with Gasteiger partial charge in [-0.15, -0.1) is 0 Å². The normalized spacial score (nSPS) is 13.1. The van der Waals surface area contributed by atoms with E-state index in [1.54, 1.807) is 0 Å². The van der Waals surface area contributed by atoms with Crippen LogP contribution in [0, 0.1) is 0 Å². The Morgan fingerprint density at radius 3 is 2.83 bits per heavy atom. The van der Waals surface area contributed by atoms with Gasteiger partial charge in [0.2, 0.25) is 0 Å². The van der Waals surface area contributed by atoms with Gasteiger partial charge in [0, 0.05) is 23.5 Å². The number of benzene rings is 1. The molecule has 0 saturated carbocycles. The van der Waals surface area contributed by atoms with Crippen LogP contribution in [-0.2, 0) is 13.0 Å². The van der Waals surface area contributed by atoms with Crippen LogP contribution in [0.15, 0.2) is 22.7 Å². The van der Waals surface area contributed by atoms with Gasteiger partial charge in [-0.1, -0.05) is 29.3 Å². The molecular weight excluding hydrogens is 290 g/mol. The number of hydrogen-bond donors (Lipinski definition) is 1. The summed E-state index contributed by atoms with van der Waals surface area (Å²) in [4.78, 5) is 4.72. The fraction of sp³-hybridized carbons (Fsp3) is 0.500. The van der Waals surface area contributed by atoms with Gasteiger partial charge in [0.05, 0.1) is 11.0 Å². The molecule has 0 spiro atoms. The summed E-state index contributed by atoms with van der Waals surface area (Å²) < 4.78 is 3.33. The molecule has 2 N–H and O–H groups in total. The van der Waals surface area contributed by atoms with E-state index in [1.165, 1.54) is 5.52 Å². The van der Waals surface area contributed by atoms with E-state index < -0.39 is 0 Å². The van der Waals surface area contributed by atoms with Crippen LogP contribution in [0.2, 0.25) is 0 Å². The maximum Gasteiger partial charge on any atom is 0.111 e. The van der Waals surface area contributed by atoms with Crippen molar-refractivity contribution in [1.82, 2.24) is 9.55 Å². The topological polar surface area (TPSA) is 43.8 Å². The van der Waals surface area contributed by atoms with Gasteiger partial charge in [0.25, 0.3) is 0 Å². The highest BCUT2D eigenvalue weighted by atomic mass is 79.9. The number of fused-ring (bicyclic) bond motifs is 1. The van der Waals surface area contributed by atoms with Crippen LogP contribution in [0.4, 0.5) is 0 Å². The molecule has 1 unspecified atom stereocenters. The van der Waals surface area contributed by atoms with E-state index in [1.807, 2.05) is 0 Å². The fourth-order valence-electron chi connectivity index (χ4n) is 2.37. The van der Waals surface area contributed by atoms with E-state index in [-0.39, 0.29) is 6.04 Å². The van der Waals surface area contributed by atoms with E-state index in [0.29, 0.717) is 0 Å². The third-order valence-corrected chi connectivity index (χ3v) is 3.70. The van der Waals surface area contributed by atoms with Crippen LogP contribution in [0.3, 0.4) is 0 Å². The summed E-state index contributed by atoms with van der Waals surface area (Å²) in [5, 5.41) is 0. The minimum absolute atomic E-state index is 0.209. The standard InChI is InChI=1S/C14H20BrN3/c1-3-5-11(16)9-14-17-12-8-10(15)6-7-13(12)18(14)4-2/h6-8,11H,3-5,9,16H2,1-2H3. The van der Waals surface area contributed by atoms with Crippen molar-refractivity contribution in [2.45, 2.75) is 45.7 Å². The fourth-order valence-corrected chi connectivity index (χ4v) is 2.72. The predicted molar refractivity (Wildman–Crippen MR) is 79.7 cm³/mol.